The lowest BCUT2D eigenvalue weighted by atomic mass is 10.2. The number of anilines is 1. The van der Waals surface area contributed by atoms with Crippen LogP contribution < -0.4 is 10.6 Å². The first kappa shape index (κ1) is 14.9. The zero-order valence-corrected chi connectivity index (χ0v) is 11.0. The van der Waals surface area contributed by atoms with Crippen molar-refractivity contribution in [3.05, 3.63) is 24.0 Å². The van der Waals surface area contributed by atoms with Gasteiger partial charge in [0.1, 0.15) is 5.69 Å². The van der Waals surface area contributed by atoms with E-state index in [0.29, 0.717) is 25.2 Å². The molecule has 0 aliphatic carbocycles. The lowest BCUT2D eigenvalue weighted by Gasteiger charge is -2.07. The number of carboxylic acids is 1. The molecule has 0 aliphatic rings. The molecule has 0 spiro atoms. The van der Waals surface area contributed by atoms with Crippen LogP contribution in [0.25, 0.3) is 0 Å². The molecular formula is C13H19N3O3. The predicted molar refractivity (Wildman–Crippen MR) is 72.2 cm³/mol. The van der Waals surface area contributed by atoms with Gasteiger partial charge in [-0.15, -0.1) is 0 Å². The number of hydrogen-bond donors (Lipinski definition) is 3. The van der Waals surface area contributed by atoms with Crippen molar-refractivity contribution in [3.8, 4) is 0 Å². The third-order valence-corrected chi connectivity index (χ3v) is 2.48. The van der Waals surface area contributed by atoms with Crippen LogP contribution in [0, 0.1) is 0 Å². The van der Waals surface area contributed by atoms with Crippen molar-refractivity contribution in [3.63, 3.8) is 0 Å². The number of rotatable bonds is 8. The summed E-state index contributed by atoms with van der Waals surface area (Å²) in [6.45, 7) is 3.09. The van der Waals surface area contributed by atoms with E-state index < -0.39 is 5.97 Å². The van der Waals surface area contributed by atoms with E-state index in [1.54, 1.807) is 18.3 Å². The Morgan fingerprint density at radius 2 is 2.16 bits per heavy atom. The quantitative estimate of drug-likeness (QED) is 0.619. The average Bonchev–Trinajstić information content (AvgIpc) is 2.38. The lowest BCUT2D eigenvalue weighted by molar-refractivity contribution is -0.137. The van der Waals surface area contributed by atoms with Crippen molar-refractivity contribution in [1.82, 2.24) is 10.3 Å². The summed E-state index contributed by atoms with van der Waals surface area (Å²) in [6, 6.07) is 3.46. The fourth-order valence-corrected chi connectivity index (χ4v) is 1.55. The minimum absolute atomic E-state index is 0.183. The van der Waals surface area contributed by atoms with Gasteiger partial charge in [0.05, 0.1) is 0 Å². The molecule has 0 aliphatic heterocycles. The van der Waals surface area contributed by atoms with E-state index in [1.165, 1.54) is 0 Å². The molecule has 1 aromatic heterocycles. The van der Waals surface area contributed by atoms with Gasteiger partial charge in [-0.25, -0.2) is 0 Å². The molecule has 0 saturated heterocycles. The number of aromatic nitrogens is 1. The zero-order chi connectivity index (χ0) is 14.1. The Morgan fingerprint density at radius 3 is 2.84 bits per heavy atom. The Kier molecular flexibility index (Phi) is 6.35. The van der Waals surface area contributed by atoms with Gasteiger partial charge in [-0.1, -0.05) is 0 Å². The second kappa shape index (κ2) is 8.07. The van der Waals surface area contributed by atoms with E-state index in [4.69, 9.17) is 5.11 Å². The average molecular weight is 265 g/mol. The van der Waals surface area contributed by atoms with Crippen LogP contribution in [0.4, 0.5) is 5.69 Å². The van der Waals surface area contributed by atoms with Gasteiger partial charge in [-0.3, -0.25) is 14.6 Å². The van der Waals surface area contributed by atoms with Crippen LogP contribution in [0.5, 0.6) is 0 Å². The summed E-state index contributed by atoms with van der Waals surface area (Å²) in [4.78, 5) is 25.9. The minimum Gasteiger partial charge on any atom is -0.481 e. The first-order chi connectivity index (χ1) is 9.13. The van der Waals surface area contributed by atoms with E-state index in [9.17, 15) is 9.59 Å². The molecule has 0 unspecified atom stereocenters. The maximum absolute atomic E-state index is 11.6. The normalized spacial score (nSPS) is 9.95. The summed E-state index contributed by atoms with van der Waals surface area (Å²) in [5.74, 6) is -0.973. The molecule has 0 radical (unpaired) electrons. The molecule has 19 heavy (non-hydrogen) atoms. The van der Waals surface area contributed by atoms with Crippen molar-refractivity contribution < 1.29 is 14.7 Å². The van der Waals surface area contributed by atoms with Gasteiger partial charge in [0.2, 0.25) is 0 Å². The van der Waals surface area contributed by atoms with E-state index in [-0.39, 0.29) is 12.3 Å². The molecule has 3 N–H and O–H groups in total. The topological polar surface area (TPSA) is 91.3 Å². The molecule has 1 rings (SSSR count). The highest BCUT2D eigenvalue weighted by atomic mass is 16.4. The van der Waals surface area contributed by atoms with Crippen LogP contribution in [0.1, 0.15) is 36.7 Å². The lowest BCUT2D eigenvalue weighted by Crippen LogP contribution is -2.23. The van der Waals surface area contributed by atoms with Crippen molar-refractivity contribution in [2.75, 3.05) is 18.4 Å². The van der Waals surface area contributed by atoms with E-state index >= 15 is 0 Å². The molecule has 1 amide bonds. The van der Waals surface area contributed by atoms with Gasteiger partial charge >= 0.3 is 5.97 Å². The summed E-state index contributed by atoms with van der Waals surface area (Å²) in [5.41, 5.74) is 1.18. The van der Waals surface area contributed by atoms with Gasteiger partial charge in [-0.2, -0.15) is 0 Å². The Balaban J connectivity index is 2.40. The highest BCUT2D eigenvalue weighted by Gasteiger charge is 2.06. The van der Waals surface area contributed by atoms with Crippen LogP contribution in [0.15, 0.2) is 18.3 Å². The first-order valence-corrected chi connectivity index (χ1v) is 6.33. The van der Waals surface area contributed by atoms with Gasteiger partial charge in [0.25, 0.3) is 5.91 Å². The molecule has 1 aromatic rings. The highest BCUT2D eigenvalue weighted by Crippen LogP contribution is 2.08. The largest absolute Gasteiger partial charge is 0.481 e. The highest BCUT2D eigenvalue weighted by molar-refractivity contribution is 5.93. The zero-order valence-electron chi connectivity index (χ0n) is 11.0. The fourth-order valence-electron chi connectivity index (χ4n) is 1.55. The van der Waals surface area contributed by atoms with Crippen molar-refractivity contribution in [1.29, 1.82) is 0 Å². The van der Waals surface area contributed by atoms with Gasteiger partial charge in [-0.05, 0) is 31.9 Å². The molecular weight excluding hydrogens is 246 g/mol. The third-order valence-electron chi connectivity index (χ3n) is 2.48. The Hall–Kier alpha value is -2.11. The SMILES string of the molecule is CCNC(=O)c1cc(NCCCCC(=O)O)ccn1. The Labute approximate surface area is 112 Å². The van der Waals surface area contributed by atoms with Crippen molar-refractivity contribution in [2.24, 2.45) is 0 Å². The molecule has 0 aromatic carbocycles. The predicted octanol–water partition coefficient (Wildman–Crippen LogP) is 1.50. The summed E-state index contributed by atoms with van der Waals surface area (Å²) < 4.78 is 0. The maximum atomic E-state index is 11.6. The monoisotopic (exact) mass is 265 g/mol. The molecule has 0 bridgehead atoms. The standard InChI is InChI=1S/C13H19N3O3/c1-2-14-13(19)11-9-10(6-8-16-11)15-7-4-3-5-12(17)18/h6,8-9H,2-5,7H2,1H3,(H,14,19)(H,15,16)(H,17,18). The number of carboxylic acid groups (broad SMARTS) is 1. The van der Waals surface area contributed by atoms with Crippen molar-refractivity contribution in [2.45, 2.75) is 26.2 Å². The smallest absolute Gasteiger partial charge is 0.303 e. The maximum Gasteiger partial charge on any atom is 0.303 e. The number of pyridine rings is 1. The first-order valence-electron chi connectivity index (χ1n) is 6.33. The van der Waals surface area contributed by atoms with E-state index in [0.717, 1.165) is 12.1 Å². The number of aliphatic carboxylic acids is 1. The van der Waals surface area contributed by atoms with Gasteiger partial charge in [0, 0.05) is 31.4 Å². The van der Waals surface area contributed by atoms with Crippen LogP contribution in [-0.2, 0) is 4.79 Å². The Bertz CT molecular complexity index is 435. The summed E-state index contributed by atoms with van der Waals surface area (Å²) in [6.07, 6.45) is 3.16. The van der Waals surface area contributed by atoms with Crippen LogP contribution in [0.2, 0.25) is 0 Å². The number of amides is 1. The Morgan fingerprint density at radius 1 is 1.37 bits per heavy atom. The molecule has 0 atom stereocenters. The van der Waals surface area contributed by atoms with E-state index in [2.05, 4.69) is 15.6 Å². The number of nitrogens with zero attached hydrogens (tertiary/aromatic N) is 1. The second-order valence-electron chi connectivity index (χ2n) is 4.07. The molecule has 1 heterocycles. The summed E-state index contributed by atoms with van der Waals surface area (Å²) in [5, 5.41) is 14.3. The summed E-state index contributed by atoms with van der Waals surface area (Å²) >= 11 is 0. The fraction of sp³-hybridized carbons (Fsp3) is 0.462. The number of nitrogens with one attached hydrogen (secondary N) is 2. The van der Waals surface area contributed by atoms with Gasteiger partial charge < -0.3 is 15.7 Å². The molecule has 0 saturated carbocycles. The molecule has 0 fully saturated rings. The molecule has 6 nitrogen and oxygen atoms in total. The number of carbonyl (C=O) groups excluding carboxylic acids is 1. The number of unbranched alkanes of at least 4 members (excludes halogenated alkanes) is 1. The van der Waals surface area contributed by atoms with Crippen molar-refractivity contribution >= 4 is 17.6 Å². The number of carbonyl (C=O) groups is 2. The van der Waals surface area contributed by atoms with E-state index in [1.807, 2.05) is 6.92 Å². The minimum atomic E-state index is -0.776. The molecule has 104 valence electrons. The number of hydrogen-bond acceptors (Lipinski definition) is 4. The van der Waals surface area contributed by atoms with Crippen LogP contribution in [-0.4, -0.2) is 35.1 Å². The van der Waals surface area contributed by atoms with Gasteiger partial charge in [0.15, 0.2) is 0 Å². The molecule has 6 heteroatoms. The summed E-state index contributed by atoms with van der Waals surface area (Å²) in [7, 11) is 0. The van der Waals surface area contributed by atoms with Crippen LogP contribution in [0.3, 0.4) is 0 Å². The van der Waals surface area contributed by atoms with Crippen LogP contribution >= 0.6 is 0 Å². The third kappa shape index (κ3) is 5.85. The second-order valence-corrected chi connectivity index (χ2v) is 4.07.